The van der Waals surface area contributed by atoms with E-state index < -0.39 is 0 Å². The molecule has 1 aliphatic rings. The van der Waals surface area contributed by atoms with E-state index in [0.717, 1.165) is 34.1 Å². The van der Waals surface area contributed by atoms with Gasteiger partial charge in [-0.1, -0.05) is 36.4 Å². The van der Waals surface area contributed by atoms with Gasteiger partial charge in [0.2, 0.25) is 5.91 Å². The number of nitrogens with zero attached hydrogens (tertiary/aromatic N) is 2. The zero-order valence-corrected chi connectivity index (χ0v) is 18.6. The number of hydrazone groups is 1. The molecule has 6 heteroatoms. The third-order valence-corrected chi connectivity index (χ3v) is 8.54. The van der Waals surface area contributed by atoms with Crippen LogP contribution in [0.5, 0.6) is 0 Å². The number of benzene rings is 2. The van der Waals surface area contributed by atoms with E-state index in [1.807, 2.05) is 23.5 Å². The summed E-state index contributed by atoms with van der Waals surface area (Å²) in [6.45, 7) is 6.32. The van der Waals surface area contributed by atoms with Crippen molar-refractivity contribution < 1.29 is 4.79 Å². The summed E-state index contributed by atoms with van der Waals surface area (Å²) in [5.41, 5.74) is 7.11. The molecule has 0 radical (unpaired) electrons. The summed E-state index contributed by atoms with van der Waals surface area (Å²) in [4.78, 5) is 12.3. The maximum atomic E-state index is 12.3. The number of thioether (sulfide) groups is 2. The van der Waals surface area contributed by atoms with E-state index in [0.29, 0.717) is 6.42 Å². The topological polar surface area (TPSA) is 46.4 Å². The van der Waals surface area contributed by atoms with Crippen molar-refractivity contribution >= 4 is 46.4 Å². The predicted octanol–water partition coefficient (Wildman–Crippen LogP) is 5.28. The van der Waals surface area contributed by atoms with Gasteiger partial charge in [0.1, 0.15) is 0 Å². The second-order valence-electron chi connectivity index (χ2n) is 7.46. The van der Waals surface area contributed by atoms with Crippen LogP contribution < -0.4 is 5.43 Å². The monoisotopic (exact) mass is 423 g/mol. The maximum Gasteiger partial charge on any atom is 0.242 e. The van der Waals surface area contributed by atoms with E-state index in [1.165, 1.54) is 10.8 Å². The van der Waals surface area contributed by atoms with Crippen LogP contribution in [0.25, 0.3) is 16.5 Å². The number of hydrogen-bond donors (Lipinski definition) is 1. The smallest absolute Gasteiger partial charge is 0.242 e. The molecule has 1 saturated heterocycles. The molecular formula is C23H25N3OS2. The lowest BCUT2D eigenvalue weighted by Gasteiger charge is -2.19. The summed E-state index contributed by atoms with van der Waals surface area (Å²) < 4.78 is 2.22. The number of carbonyl (C=O) groups is 1. The van der Waals surface area contributed by atoms with Gasteiger partial charge in [0, 0.05) is 33.8 Å². The molecule has 1 N–H and O–H groups in total. The number of aromatic nitrogens is 1. The lowest BCUT2D eigenvalue weighted by atomic mass is 10.1. The van der Waals surface area contributed by atoms with Gasteiger partial charge in [0.15, 0.2) is 0 Å². The van der Waals surface area contributed by atoms with Gasteiger partial charge in [0.05, 0.1) is 22.4 Å². The minimum atomic E-state index is -0.0338. The van der Waals surface area contributed by atoms with Crippen molar-refractivity contribution in [2.45, 2.75) is 31.3 Å². The van der Waals surface area contributed by atoms with Crippen LogP contribution in [0.4, 0.5) is 0 Å². The summed E-state index contributed by atoms with van der Waals surface area (Å²) in [5, 5.41) is 6.66. The van der Waals surface area contributed by atoms with Crippen LogP contribution in [0.1, 0.15) is 30.3 Å². The van der Waals surface area contributed by atoms with Crippen molar-refractivity contribution in [1.29, 1.82) is 0 Å². The Bertz CT molecular complexity index is 1080. The summed E-state index contributed by atoms with van der Waals surface area (Å²) in [7, 11) is 0. The highest BCUT2D eigenvalue weighted by Gasteiger charge is 2.32. The van der Waals surface area contributed by atoms with Crippen LogP contribution in [0, 0.1) is 13.8 Å². The van der Waals surface area contributed by atoms with Gasteiger partial charge in [-0.25, -0.2) is 5.43 Å². The van der Waals surface area contributed by atoms with E-state index in [9.17, 15) is 4.79 Å². The fourth-order valence-corrected chi connectivity index (χ4v) is 6.69. The van der Waals surface area contributed by atoms with Crippen molar-refractivity contribution in [3.63, 3.8) is 0 Å². The summed E-state index contributed by atoms with van der Waals surface area (Å²) in [6, 6.07) is 16.9. The molecule has 1 amide bonds. The fraction of sp³-hybridized carbons (Fsp3) is 0.304. The molecule has 2 heterocycles. The normalized spacial score (nSPS) is 16.0. The minimum Gasteiger partial charge on any atom is -0.317 e. The standard InChI is InChI=1S/C23H25N3OS2/c1-16-13-19(15-24-25-22(27)14-23(3)28-11-12-29-23)17(2)26(16)21-10-6-8-18-7-4-5-9-20(18)21/h4-10,13,15H,11-12,14H2,1-3H3,(H,25,27)/b24-15-. The molecule has 1 aromatic heterocycles. The van der Waals surface area contributed by atoms with Gasteiger partial charge < -0.3 is 4.57 Å². The van der Waals surface area contributed by atoms with Crippen LogP contribution >= 0.6 is 23.5 Å². The Hall–Kier alpha value is -2.18. The highest BCUT2D eigenvalue weighted by molar-refractivity contribution is 8.21. The average Bonchev–Trinajstić information content (AvgIpc) is 3.24. The summed E-state index contributed by atoms with van der Waals surface area (Å²) in [5.74, 6) is 2.18. The number of hydrogen-bond acceptors (Lipinski definition) is 4. The van der Waals surface area contributed by atoms with Crippen LogP contribution in [0.3, 0.4) is 0 Å². The number of rotatable bonds is 5. The molecule has 0 spiro atoms. The Kier molecular flexibility index (Phi) is 5.74. The number of carbonyl (C=O) groups excluding carboxylic acids is 1. The Morgan fingerprint density at radius 2 is 1.90 bits per heavy atom. The predicted molar refractivity (Wildman–Crippen MR) is 126 cm³/mol. The van der Waals surface area contributed by atoms with Crippen molar-refractivity contribution in [3.8, 4) is 5.69 Å². The van der Waals surface area contributed by atoms with E-state index in [-0.39, 0.29) is 9.99 Å². The Labute approximate surface area is 180 Å². The Balaban J connectivity index is 1.54. The lowest BCUT2D eigenvalue weighted by molar-refractivity contribution is -0.121. The third kappa shape index (κ3) is 4.23. The zero-order valence-electron chi connectivity index (χ0n) is 16.9. The fourth-order valence-electron chi connectivity index (χ4n) is 3.86. The first-order valence-electron chi connectivity index (χ1n) is 9.74. The van der Waals surface area contributed by atoms with E-state index in [4.69, 9.17) is 0 Å². The number of amides is 1. The lowest BCUT2D eigenvalue weighted by Crippen LogP contribution is -2.26. The minimum absolute atomic E-state index is 0.0240. The van der Waals surface area contributed by atoms with Crippen LogP contribution in [-0.4, -0.2) is 32.3 Å². The van der Waals surface area contributed by atoms with Gasteiger partial charge >= 0.3 is 0 Å². The largest absolute Gasteiger partial charge is 0.317 e. The molecule has 1 aliphatic heterocycles. The second kappa shape index (κ2) is 8.28. The van der Waals surface area contributed by atoms with Crippen molar-refractivity contribution in [2.24, 2.45) is 5.10 Å². The molecule has 0 saturated carbocycles. The van der Waals surface area contributed by atoms with Gasteiger partial charge in [-0.2, -0.15) is 5.10 Å². The molecule has 0 unspecified atom stereocenters. The van der Waals surface area contributed by atoms with Gasteiger partial charge in [-0.05, 0) is 38.3 Å². The quantitative estimate of drug-likeness (QED) is 0.448. The third-order valence-electron chi connectivity index (χ3n) is 5.25. The van der Waals surface area contributed by atoms with Crippen LogP contribution in [0.2, 0.25) is 0 Å². The van der Waals surface area contributed by atoms with Gasteiger partial charge in [-0.15, -0.1) is 23.5 Å². The molecule has 2 aromatic carbocycles. The van der Waals surface area contributed by atoms with Crippen molar-refractivity contribution in [3.05, 3.63) is 65.5 Å². The van der Waals surface area contributed by atoms with E-state index >= 15 is 0 Å². The first-order chi connectivity index (χ1) is 14.0. The molecule has 3 aromatic rings. The van der Waals surface area contributed by atoms with Gasteiger partial charge in [-0.3, -0.25) is 4.79 Å². The number of aryl methyl sites for hydroxylation is 1. The zero-order chi connectivity index (χ0) is 20.4. The van der Waals surface area contributed by atoms with Crippen LogP contribution in [0.15, 0.2) is 53.6 Å². The van der Waals surface area contributed by atoms with E-state index in [1.54, 1.807) is 6.21 Å². The van der Waals surface area contributed by atoms with Gasteiger partial charge in [0.25, 0.3) is 0 Å². The second-order valence-corrected chi connectivity index (χ2v) is 10.9. The molecule has 29 heavy (non-hydrogen) atoms. The average molecular weight is 424 g/mol. The molecule has 0 aliphatic carbocycles. The number of fused-ring (bicyclic) bond motifs is 1. The van der Waals surface area contributed by atoms with Crippen molar-refractivity contribution in [2.75, 3.05) is 11.5 Å². The summed E-state index contributed by atoms with van der Waals surface area (Å²) in [6.07, 6.45) is 2.23. The Morgan fingerprint density at radius 1 is 1.17 bits per heavy atom. The first kappa shape index (κ1) is 20.1. The molecule has 1 fully saturated rings. The molecule has 0 bridgehead atoms. The molecule has 0 atom stereocenters. The molecule has 4 rings (SSSR count). The SMILES string of the molecule is Cc1cc(/C=N\NC(=O)CC2(C)SCCS2)c(C)n1-c1cccc2ccccc12. The van der Waals surface area contributed by atoms with Crippen molar-refractivity contribution in [1.82, 2.24) is 9.99 Å². The number of nitrogens with one attached hydrogen (secondary N) is 1. The highest BCUT2D eigenvalue weighted by atomic mass is 32.2. The first-order valence-corrected chi connectivity index (χ1v) is 11.7. The molecule has 4 nitrogen and oxygen atoms in total. The summed E-state index contributed by atoms with van der Waals surface area (Å²) >= 11 is 3.71. The maximum absolute atomic E-state index is 12.3. The molecule has 150 valence electrons. The Morgan fingerprint density at radius 3 is 2.69 bits per heavy atom. The van der Waals surface area contributed by atoms with E-state index in [2.05, 4.69) is 84.4 Å². The highest BCUT2D eigenvalue weighted by Crippen LogP contribution is 2.45. The molecular weight excluding hydrogens is 398 g/mol. The van der Waals surface area contributed by atoms with Crippen LogP contribution in [-0.2, 0) is 4.79 Å².